The molecule has 0 aliphatic rings. The molecule has 0 fully saturated rings. The molecule has 2 aromatic carbocycles. The molecule has 6 heteroatoms. The molecule has 2 rings (SSSR count). The molecule has 0 amide bonds. The summed E-state index contributed by atoms with van der Waals surface area (Å²) in [5.74, 6) is -0.756. The fourth-order valence-corrected chi connectivity index (χ4v) is 3.59. The molecule has 0 atom stereocenters. The minimum Gasteiger partial charge on any atom is -0.478 e. The maximum absolute atomic E-state index is 12.3. The molecule has 0 bridgehead atoms. The maximum atomic E-state index is 12.3. The van der Waals surface area contributed by atoms with Gasteiger partial charge in [-0.3, -0.25) is 0 Å². The first-order valence-electron chi connectivity index (χ1n) is 7.61. The quantitative estimate of drug-likeness (QED) is 0.865. The Morgan fingerprint density at radius 1 is 1.08 bits per heavy atom. The molecule has 0 aliphatic heterocycles. The zero-order valence-electron chi connectivity index (χ0n) is 13.9. The lowest BCUT2D eigenvalue weighted by atomic mass is 10.00. The van der Waals surface area contributed by atoms with Gasteiger partial charge in [0.2, 0.25) is 10.0 Å². The Bertz CT molecular complexity index is 829. The fourth-order valence-electron chi connectivity index (χ4n) is 2.60. The van der Waals surface area contributed by atoms with Crippen LogP contribution in [0.3, 0.4) is 0 Å². The summed E-state index contributed by atoms with van der Waals surface area (Å²) >= 11 is 0. The van der Waals surface area contributed by atoms with Crippen molar-refractivity contribution in [1.29, 1.82) is 0 Å². The van der Waals surface area contributed by atoms with Crippen LogP contribution in [0.5, 0.6) is 0 Å². The first-order valence-corrected chi connectivity index (χ1v) is 9.46. The van der Waals surface area contributed by atoms with Crippen molar-refractivity contribution in [1.82, 2.24) is 0 Å². The third kappa shape index (κ3) is 4.35. The molecular weight excluding hydrogens is 326 g/mol. The van der Waals surface area contributed by atoms with Gasteiger partial charge in [-0.15, -0.1) is 0 Å². The number of anilines is 2. The van der Waals surface area contributed by atoms with E-state index < -0.39 is 16.0 Å². The van der Waals surface area contributed by atoms with Crippen LogP contribution in [0.25, 0.3) is 0 Å². The number of carbonyl (C=O) groups is 1. The molecule has 0 aliphatic carbocycles. The summed E-state index contributed by atoms with van der Waals surface area (Å²) in [6.07, 6.45) is 1.77. The van der Waals surface area contributed by atoms with Crippen molar-refractivity contribution in [3.63, 3.8) is 0 Å². The van der Waals surface area contributed by atoms with Gasteiger partial charge in [-0.2, -0.15) is 0 Å². The molecule has 0 unspecified atom stereocenters. The van der Waals surface area contributed by atoms with Gasteiger partial charge < -0.3 is 5.11 Å². The second-order valence-corrected chi connectivity index (χ2v) is 7.99. The number of nitrogens with zero attached hydrogens (tertiary/aromatic N) is 1. The first kappa shape index (κ1) is 18.0. The summed E-state index contributed by atoms with van der Waals surface area (Å²) in [4.78, 5) is 11.4. The second-order valence-electron chi connectivity index (χ2n) is 6.15. The molecule has 2 aromatic rings. The summed E-state index contributed by atoms with van der Waals surface area (Å²) in [5.41, 5.74) is 1.68. The zero-order valence-corrected chi connectivity index (χ0v) is 14.7. The number of benzene rings is 2. The van der Waals surface area contributed by atoms with Crippen LogP contribution in [-0.2, 0) is 16.4 Å². The number of para-hydroxylation sites is 1. The molecule has 0 aromatic heterocycles. The molecule has 5 nitrogen and oxygen atoms in total. The van der Waals surface area contributed by atoms with Crippen molar-refractivity contribution in [2.24, 2.45) is 5.92 Å². The van der Waals surface area contributed by atoms with E-state index in [1.54, 1.807) is 42.5 Å². The lowest BCUT2D eigenvalue weighted by molar-refractivity contribution is 0.0696. The van der Waals surface area contributed by atoms with Crippen molar-refractivity contribution in [2.75, 3.05) is 10.6 Å². The van der Waals surface area contributed by atoms with Crippen LogP contribution in [0.4, 0.5) is 11.4 Å². The van der Waals surface area contributed by atoms with Crippen molar-refractivity contribution in [2.45, 2.75) is 20.3 Å². The van der Waals surface area contributed by atoms with Crippen LogP contribution in [0, 0.1) is 5.92 Å². The molecule has 24 heavy (non-hydrogen) atoms. The summed E-state index contributed by atoms with van der Waals surface area (Å²) < 4.78 is 25.8. The standard InChI is InChI=1S/C18H21NO4S/c1-13(2)9-14-10-15(18(20)21)12-17(11-14)19(24(3,22)23)16-7-5-4-6-8-16/h4-8,10-13H,9H2,1-3H3,(H,20,21). The van der Waals surface area contributed by atoms with E-state index in [1.165, 1.54) is 10.4 Å². The lowest BCUT2D eigenvalue weighted by Gasteiger charge is -2.23. The number of hydrogen-bond donors (Lipinski definition) is 1. The van der Waals surface area contributed by atoms with Gasteiger partial charge in [-0.1, -0.05) is 32.0 Å². The lowest BCUT2D eigenvalue weighted by Crippen LogP contribution is -2.25. The number of carboxylic acid groups (broad SMARTS) is 1. The van der Waals surface area contributed by atoms with Gasteiger partial charge in [0.1, 0.15) is 0 Å². The Morgan fingerprint density at radius 3 is 2.21 bits per heavy atom. The Morgan fingerprint density at radius 2 is 1.71 bits per heavy atom. The SMILES string of the molecule is CC(C)Cc1cc(C(=O)O)cc(N(c2ccccc2)S(C)(=O)=O)c1. The first-order chi connectivity index (χ1) is 11.2. The van der Waals surface area contributed by atoms with E-state index >= 15 is 0 Å². The van der Waals surface area contributed by atoms with Crippen molar-refractivity contribution in [3.8, 4) is 0 Å². The Hall–Kier alpha value is -2.34. The molecule has 1 N–H and O–H groups in total. The van der Waals surface area contributed by atoms with Gasteiger partial charge in [0, 0.05) is 0 Å². The van der Waals surface area contributed by atoms with Crippen LogP contribution >= 0.6 is 0 Å². The van der Waals surface area contributed by atoms with E-state index in [2.05, 4.69) is 0 Å². The summed E-state index contributed by atoms with van der Waals surface area (Å²) in [7, 11) is -3.62. The Labute approximate surface area is 142 Å². The van der Waals surface area contributed by atoms with Crippen LogP contribution in [0.15, 0.2) is 48.5 Å². The molecule has 0 saturated carbocycles. The van der Waals surface area contributed by atoms with Crippen LogP contribution < -0.4 is 4.31 Å². The molecule has 0 heterocycles. The van der Waals surface area contributed by atoms with Gasteiger partial charge in [0.05, 0.1) is 23.2 Å². The van der Waals surface area contributed by atoms with Crippen molar-refractivity contribution >= 4 is 27.4 Å². The third-order valence-corrected chi connectivity index (χ3v) is 4.51. The average molecular weight is 347 g/mol. The molecule has 128 valence electrons. The predicted molar refractivity (Wildman–Crippen MR) is 95.4 cm³/mol. The molecular formula is C18H21NO4S. The van der Waals surface area contributed by atoms with Gasteiger partial charge in [-0.05, 0) is 48.2 Å². The number of hydrogen-bond acceptors (Lipinski definition) is 3. The largest absolute Gasteiger partial charge is 0.478 e. The van der Waals surface area contributed by atoms with E-state index in [4.69, 9.17) is 0 Å². The smallest absolute Gasteiger partial charge is 0.335 e. The monoisotopic (exact) mass is 347 g/mol. The van der Waals surface area contributed by atoms with Crippen molar-refractivity contribution < 1.29 is 18.3 Å². The van der Waals surface area contributed by atoms with Crippen LogP contribution in [0.2, 0.25) is 0 Å². The number of carboxylic acids is 1. The highest BCUT2D eigenvalue weighted by atomic mass is 32.2. The highest BCUT2D eigenvalue weighted by Gasteiger charge is 2.21. The Kier molecular flexibility index (Phi) is 5.29. The predicted octanol–water partition coefficient (Wildman–Crippen LogP) is 3.68. The van der Waals surface area contributed by atoms with E-state index in [9.17, 15) is 18.3 Å². The number of aromatic carboxylic acids is 1. The van der Waals surface area contributed by atoms with E-state index in [0.717, 1.165) is 11.8 Å². The van der Waals surface area contributed by atoms with E-state index in [-0.39, 0.29) is 5.56 Å². The number of rotatable bonds is 6. The molecule has 0 saturated heterocycles. The van der Waals surface area contributed by atoms with Gasteiger partial charge in [-0.25, -0.2) is 17.5 Å². The molecule has 0 spiro atoms. The minimum atomic E-state index is -3.62. The van der Waals surface area contributed by atoms with E-state index in [0.29, 0.717) is 23.7 Å². The van der Waals surface area contributed by atoms with Crippen LogP contribution in [-0.4, -0.2) is 25.7 Å². The van der Waals surface area contributed by atoms with Crippen molar-refractivity contribution in [3.05, 3.63) is 59.7 Å². The van der Waals surface area contributed by atoms with Gasteiger partial charge >= 0.3 is 5.97 Å². The topological polar surface area (TPSA) is 74.7 Å². The van der Waals surface area contributed by atoms with Gasteiger partial charge in [0.25, 0.3) is 0 Å². The summed E-state index contributed by atoms with van der Waals surface area (Å²) in [6.45, 7) is 4.05. The third-order valence-electron chi connectivity index (χ3n) is 3.43. The fraction of sp³-hybridized carbons (Fsp3) is 0.278. The molecule has 0 radical (unpaired) electrons. The second kappa shape index (κ2) is 7.05. The summed E-state index contributed by atoms with van der Waals surface area (Å²) in [6, 6.07) is 13.3. The van der Waals surface area contributed by atoms with E-state index in [1.807, 2.05) is 13.8 Å². The Balaban J connectivity index is 2.65. The highest BCUT2D eigenvalue weighted by molar-refractivity contribution is 7.92. The van der Waals surface area contributed by atoms with Crippen LogP contribution in [0.1, 0.15) is 29.8 Å². The highest BCUT2D eigenvalue weighted by Crippen LogP contribution is 2.30. The average Bonchev–Trinajstić information content (AvgIpc) is 2.46. The maximum Gasteiger partial charge on any atom is 0.335 e. The minimum absolute atomic E-state index is 0.0766. The zero-order chi connectivity index (χ0) is 17.9. The summed E-state index contributed by atoms with van der Waals surface area (Å²) in [5, 5.41) is 9.36. The number of sulfonamides is 1. The normalized spacial score (nSPS) is 11.5. The van der Waals surface area contributed by atoms with Gasteiger partial charge in [0.15, 0.2) is 0 Å².